The summed E-state index contributed by atoms with van der Waals surface area (Å²) in [5, 5.41) is 9.47. The van der Waals surface area contributed by atoms with Gasteiger partial charge in [0.25, 0.3) is 0 Å². The van der Waals surface area contributed by atoms with E-state index < -0.39 is 0 Å². The van der Waals surface area contributed by atoms with Crippen molar-refractivity contribution in [2.45, 2.75) is 13.8 Å². The molecule has 0 fully saturated rings. The second-order valence-corrected chi connectivity index (χ2v) is 4.12. The lowest BCUT2D eigenvalue weighted by Crippen LogP contribution is -2.07. The minimum absolute atomic E-state index is 0.0474. The highest BCUT2D eigenvalue weighted by Crippen LogP contribution is 2.33. The number of carbonyl (C=O) groups excluding carboxylic acids is 1. The van der Waals surface area contributed by atoms with E-state index in [-0.39, 0.29) is 27.5 Å². The van der Waals surface area contributed by atoms with E-state index in [2.05, 4.69) is 0 Å². The summed E-state index contributed by atoms with van der Waals surface area (Å²) in [5.74, 6) is -0.353. The SMILES string of the molecule is CC(C)C(=O)c1cc(Cl)c(O)c(Cl)c1. The molecule has 0 aliphatic rings. The Morgan fingerprint density at radius 1 is 1.29 bits per heavy atom. The van der Waals surface area contributed by atoms with Crippen LogP contribution in [-0.4, -0.2) is 10.9 Å². The fourth-order valence-electron chi connectivity index (χ4n) is 1.04. The number of aromatic hydroxyl groups is 1. The number of halogens is 2. The van der Waals surface area contributed by atoms with Gasteiger partial charge in [0.2, 0.25) is 0 Å². The number of benzene rings is 1. The fourth-order valence-corrected chi connectivity index (χ4v) is 1.53. The number of carbonyl (C=O) groups is 1. The molecule has 0 saturated heterocycles. The number of hydrogen-bond donors (Lipinski definition) is 1. The van der Waals surface area contributed by atoms with Gasteiger partial charge in [0.15, 0.2) is 11.5 Å². The summed E-state index contributed by atoms with van der Waals surface area (Å²) in [6.07, 6.45) is 0. The minimum atomic E-state index is -0.186. The van der Waals surface area contributed by atoms with Crippen molar-refractivity contribution >= 4 is 29.0 Å². The molecule has 2 nitrogen and oxygen atoms in total. The molecule has 1 N–H and O–H groups in total. The number of phenolic OH excluding ortho intramolecular Hbond substituents is 1. The molecule has 0 amide bonds. The van der Waals surface area contributed by atoms with Crippen LogP contribution in [0.3, 0.4) is 0 Å². The van der Waals surface area contributed by atoms with Crippen LogP contribution in [0.4, 0.5) is 0 Å². The Kier molecular flexibility index (Phi) is 3.40. The van der Waals surface area contributed by atoms with Gasteiger partial charge >= 0.3 is 0 Å². The zero-order valence-corrected chi connectivity index (χ0v) is 9.36. The Morgan fingerprint density at radius 3 is 2.07 bits per heavy atom. The number of rotatable bonds is 2. The smallest absolute Gasteiger partial charge is 0.165 e. The Bertz CT molecular complexity index is 349. The predicted molar refractivity (Wildman–Crippen MR) is 57.3 cm³/mol. The molecule has 1 aromatic rings. The molecule has 1 rings (SSSR count). The lowest BCUT2D eigenvalue weighted by molar-refractivity contribution is 0.0939. The zero-order chi connectivity index (χ0) is 10.9. The van der Waals surface area contributed by atoms with Crippen molar-refractivity contribution in [3.8, 4) is 5.75 Å². The largest absolute Gasteiger partial charge is 0.505 e. The van der Waals surface area contributed by atoms with Crippen LogP contribution in [-0.2, 0) is 0 Å². The van der Waals surface area contributed by atoms with Gasteiger partial charge in [-0.2, -0.15) is 0 Å². The van der Waals surface area contributed by atoms with E-state index in [1.807, 2.05) is 0 Å². The first-order valence-electron chi connectivity index (χ1n) is 4.15. The summed E-state index contributed by atoms with van der Waals surface area (Å²) in [6, 6.07) is 2.84. The van der Waals surface area contributed by atoms with Crippen molar-refractivity contribution in [2.75, 3.05) is 0 Å². The van der Waals surface area contributed by atoms with Crippen LogP contribution < -0.4 is 0 Å². The van der Waals surface area contributed by atoms with Crippen LogP contribution in [0.5, 0.6) is 5.75 Å². The van der Waals surface area contributed by atoms with Crippen LogP contribution in [0.25, 0.3) is 0 Å². The van der Waals surface area contributed by atoms with Crippen LogP contribution in [0.15, 0.2) is 12.1 Å². The molecule has 0 atom stereocenters. The Morgan fingerprint density at radius 2 is 1.71 bits per heavy atom. The van der Waals surface area contributed by atoms with Gasteiger partial charge in [-0.15, -0.1) is 0 Å². The molecule has 76 valence electrons. The second-order valence-electron chi connectivity index (χ2n) is 3.31. The molecule has 0 saturated carbocycles. The van der Waals surface area contributed by atoms with E-state index in [1.54, 1.807) is 13.8 Å². The van der Waals surface area contributed by atoms with E-state index in [0.29, 0.717) is 5.56 Å². The molecule has 0 aliphatic carbocycles. The first-order chi connectivity index (χ1) is 6.43. The number of phenols is 1. The molecule has 0 bridgehead atoms. The molecule has 0 spiro atoms. The fraction of sp³-hybridized carbons (Fsp3) is 0.300. The molecule has 1 aromatic carbocycles. The molecule has 0 aliphatic heterocycles. The summed E-state index contributed by atoms with van der Waals surface area (Å²) >= 11 is 11.4. The standard InChI is InChI=1S/C10H10Cl2O2/c1-5(2)9(13)6-3-7(11)10(14)8(12)4-6/h3-5,14H,1-2H3. The normalized spacial score (nSPS) is 10.6. The van der Waals surface area contributed by atoms with Crippen LogP contribution in [0, 0.1) is 5.92 Å². The van der Waals surface area contributed by atoms with Gasteiger partial charge in [0, 0.05) is 11.5 Å². The molecular formula is C10H10Cl2O2. The van der Waals surface area contributed by atoms with Crippen molar-refractivity contribution in [1.29, 1.82) is 0 Å². The minimum Gasteiger partial charge on any atom is -0.505 e. The molecule has 0 aromatic heterocycles. The second kappa shape index (κ2) is 4.20. The quantitative estimate of drug-likeness (QED) is 0.793. The van der Waals surface area contributed by atoms with Crippen LogP contribution in [0.2, 0.25) is 10.0 Å². The monoisotopic (exact) mass is 232 g/mol. The average Bonchev–Trinajstić information content (AvgIpc) is 2.12. The van der Waals surface area contributed by atoms with Crippen molar-refractivity contribution in [3.05, 3.63) is 27.7 Å². The maximum atomic E-state index is 11.6. The first-order valence-corrected chi connectivity index (χ1v) is 4.91. The lowest BCUT2D eigenvalue weighted by Gasteiger charge is -2.06. The van der Waals surface area contributed by atoms with Gasteiger partial charge in [0.1, 0.15) is 0 Å². The summed E-state index contributed by atoms with van der Waals surface area (Å²) in [5.41, 5.74) is 0.424. The van der Waals surface area contributed by atoms with Gasteiger partial charge in [0.05, 0.1) is 10.0 Å². The highest BCUT2D eigenvalue weighted by Gasteiger charge is 2.14. The van der Waals surface area contributed by atoms with E-state index in [9.17, 15) is 9.90 Å². The molecule has 14 heavy (non-hydrogen) atoms. The van der Waals surface area contributed by atoms with Crippen LogP contribution in [0.1, 0.15) is 24.2 Å². The molecule has 0 unspecified atom stereocenters. The predicted octanol–water partition coefficient (Wildman–Crippen LogP) is 3.54. The summed E-state index contributed by atoms with van der Waals surface area (Å²) in [7, 11) is 0. The van der Waals surface area contributed by atoms with E-state index in [0.717, 1.165) is 0 Å². The first kappa shape index (κ1) is 11.3. The summed E-state index contributed by atoms with van der Waals surface area (Å²) < 4.78 is 0. The maximum absolute atomic E-state index is 11.6. The van der Waals surface area contributed by atoms with Gasteiger partial charge < -0.3 is 5.11 Å². The van der Waals surface area contributed by atoms with Crippen molar-refractivity contribution in [3.63, 3.8) is 0 Å². The Balaban J connectivity index is 3.19. The van der Waals surface area contributed by atoms with Gasteiger partial charge in [-0.25, -0.2) is 0 Å². The third-order valence-electron chi connectivity index (χ3n) is 1.83. The number of Topliss-reactive ketones (excluding diaryl/α,β-unsaturated/α-hetero) is 1. The van der Waals surface area contributed by atoms with Gasteiger partial charge in [-0.3, -0.25) is 4.79 Å². The third kappa shape index (κ3) is 2.20. The van der Waals surface area contributed by atoms with Gasteiger partial charge in [-0.1, -0.05) is 37.0 Å². The van der Waals surface area contributed by atoms with Crippen molar-refractivity contribution in [1.82, 2.24) is 0 Å². The maximum Gasteiger partial charge on any atom is 0.165 e. The van der Waals surface area contributed by atoms with E-state index in [1.165, 1.54) is 12.1 Å². The van der Waals surface area contributed by atoms with Crippen molar-refractivity contribution < 1.29 is 9.90 Å². The molecule has 0 heterocycles. The zero-order valence-electron chi connectivity index (χ0n) is 7.84. The number of ketones is 1. The molecular weight excluding hydrogens is 223 g/mol. The lowest BCUT2D eigenvalue weighted by atomic mass is 10.0. The topological polar surface area (TPSA) is 37.3 Å². The molecule has 4 heteroatoms. The highest BCUT2D eigenvalue weighted by atomic mass is 35.5. The van der Waals surface area contributed by atoms with Crippen molar-refractivity contribution in [2.24, 2.45) is 5.92 Å². The Labute approximate surface area is 92.5 Å². The van der Waals surface area contributed by atoms with Crippen LogP contribution >= 0.6 is 23.2 Å². The average molecular weight is 233 g/mol. The summed E-state index contributed by atoms with van der Waals surface area (Å²) in [4.78, 5) is 11.6. The van der Waals surface area contributed by atoms with Gasteiger partial charge in [-0.05, 0) is 12.1 Å². The Hall–Kier alpha value is -0.730. The molecule has 0 radical (unpaired) electrons. The number of hydrogen-bond acceptors (Lipinski definition) is 2. The van der Waals surface area contributed by atoms with E-state index >= 15 is 0 Å². The van der Waals surface area contributed by atoms with E-state index in [4.69, 9.17) is 23.2 Å². The highest BCUT2D eigenvalue weighted by molar-refractivity contribution is 6.37. The third-order valence-corrected chi connectivity index (χ3v) is 2.40. The summed E-state index contributed by atoms with van der Waals surface area (Å²) in [6.45, 7) is 3.58.